The van der Waals surface area contributed by atoms with E-state index in [4.69, 9.17) is 4.74 Å². The Hall–Kier alpha value is -2.71. The van der Waals surface area contributed by atoms with Gasteiger partial charge in [-0.25, -0.2) is 13.2 Å². The number of nitrogens with zero attached hydrogens (tertiary/aromatic N) is 2. The number of likely N-dealkylation sites (N-methyl/N-ethyl adjacent to an activating group) is 1. The van der Waals surface area contributed by atoms with Crippen molar-refractivity contribution in [3.63, 3.8) is 0 Å². The lowest BCUT2D eigenvalue weighted by atomic mass is 9.93. The van der Waals surface area contributed by atoms with Crippen LogP contribution in [-0.2, 0) is 6.42 Å². The summed E-state index contributed by atoms with van der Waals surface area (Å²) in [5.74, 6) is -1.75. The fraction of sp³-hybridized carbons (Fsp3) is 0.393. The lowest BCUT2D eigenvalue weighted by Crippen LogP contribution is -2.34. The van der Waals surface area contributed by atoms with Crippen molar-refractivity contribution in [2.24, 2.45) is 0 Å². The van der Waals surface area contributed by atoms with Crippen molar-refractivity contribution >= 4 is 11.8 Å². The van der Waals surface area contributed by atoms with Gasteiger partial charge in [-0.15, -0.1) is 11.8 Å². The van der Waals surface area contributed by atoms with E-state index in [0.717, 1.165) is 25.5 Å². The number of methoxy groups -OCH3 is 1. The molecular weight excluding hydrogens is 485 g/mol. The van der Waals surface area contributed by atoms with Crippen molar-refractivity contribution in [3.8, 4) is 16.9 Å². The number of allylic oxidation sites excluding steroid dienone is 4. The van der Waals surface area contributed by atoms with Crippen molar-refractivity contribution in [3.05, 3.63) is 82.0 Å². The Morgan fingerprint density at radius 2 is 2.08 bits per heavy atom. The zero-order chi connectivity index (χ0) is 26.6. The van der Waals surface area contributed by atoms with E-state index >= 15 is 4.39 Å². The molecule has 194 valence electrons. The van der Waals surface area contributed by atoms with Gasteiger partial charge in [-0.1, -0.05) is 38.6 Å². The SMILES string of the molecule is C=C/C(F)=C(/Cc1c(C)c(-c2cccc(OC)c2F)c(=O)n2c1SCC2CN(C)CCCC)C(=C)F. The third kappa shape index (κ3) is 5.49. The van der Waals surface area contributed by atoms with Gasteiger partial charge in [0, 0.05) is 29.9 Å². The monoisotopic (exact) mass is 518 g/mol. The Kier molecular flexibility index (Phi) is 9.30. The smallest absolute Gasteiger partial charge is 0.260 e. The molecule has 8 heteroatoms. The summed E-state index contributed by atoms with van der Waals surface area (Å²) in [6.07, 6.45) is 2.88. The minimum absolute atomic E-state index is 0.0130. The van der Waals surface area contributed by atoms with Crippen LogP contribution in [0.25, 0.3) is 11.1 Å². The van der Waals surface area contributed by atoms with Crippen LogP contribution in [0.2, 0.25) is 0 Å². The van der Waals surface area contributed by atoms with Crippen LogP contribution in [0.5, 0.6) is 5.75 Å². The molecule has 0 N–H and O–H groups in total. The molecule has 0 radical (unpaired) electrons. The molecule has 1 aliphatic rings. The van der Waals surface area contributed by atoms with E-state index in [1.165, 1.54) is 31.0 Å². The van der Waals surface area contributed by atoms with Crippen molar-refractivity contribution in [2.45, 2.75) is 44.2 Å². The lowest BCUT2D eigenvalue weighted by Gasteiger charge is -2.24. The van der Waals surface area contributed by atoms with Crippen LogP contribution in [0.15, 0.2) is 64.5 Å². The van der Waals surface area contributed by atoms with Gasteiger partial charge in [0.1, 0.15) is 11.7 Å². The standard InChI is InChI=1S/C28H33F3N2O2S/c1-7-9-13-32(5)15-19-16-36-28-21(14-22(18(4)29)23(30)8-2)17(3)25(27(34)33(19)28)20-11-10-12-24(35-6)26(20)31/h8,10-12,19H,2,4,7,9,13-16H2,1,3,5-6H3/b23-22+. The van der Waals surface area contributed by atoms with Gasteiger partial charge in [0.2, 0.25) is 0 Å². The normalized spacial score (nSPS) is 15.6. The third-order valence-electron chi connectivity index (χ3n) is 6.53. The molecule has 2 heterocycles. The minimum atomic E-state index is -0.912. The molecule has 0 aliphatic carbocycles. The van der Waals surface area contributed by atoms with Crippen LogP contribution >= 0.6 is 11.8 Å². The number of halogens is 3. The van der Waals surface area contributed by atoms with Gasteiger partial charge in [-0.2, -0.15) is 0 Å². The second-order valence-corrected chi connectivity index (χ2v) is 9.98. The molecule has 1 aromatic heterocycles. The molecule has 0 amide bonds. The van der Waals surface area contributed by atoms with E-state index in [1.807, 2.05) is 7.05 Å². The van der Waals surface area contributed by atoms with Crippen molar-refractivity contribution < 1.29 is 17.9 Å². The van der Waals surface area contributed by atoms with Gasteiger partial charge in [0.05, 0.1) is 23.7 Å². The van der Waals surface area contributed by atoms with Crippen LogP contribution in [0.1, 0.15) is 36.9 Å². The number of ether oxygens (including phenoxy) is 1. The molecule has 1 aliphatic heterocycles. The Morgan fingerprint density at radius 3 is 2.69 bits per heavy atom. The Balaban J connectivity index is 2.28. The molecule has 0 saturated heterocycles. The summed E-state index contributed by atoms with van der Waals surface area (Å²) < 4.78 is 51.1. The van der Waals surface area contributed by atoms with E-state index in [1.54, 1.807) is 17.6 Å². The van der Waals surface area contributed by atoms with E-state index in [9.17, 15) is 13.6 Å². The number of hydrogen-bond donors (Lipinski definition) is 0. The molecule has 2 aromatic rings. The van der Waals surface area contributed by atoms with E-state index in [0.29, 0.717) is 28.5 Å². The summed E-state index contributed by atoms with van der Waals surface area (Å²) in [5.41, 5.74) is 0.735. The number of thioether (sulfide) groups is 1. The largest absolute Gasteiger partial charge is 0.494 e. The molecule has 0 bridgehead atoms. The first-order valence-electron chi connectivity index (χ1n) is 11.9. The number of rotatable bonds is 11. The zero-order valence-electron chi connectivity index (χ0n) is 21.3. The summed E-state index contributed by atoms with van der Waals surface area (Å²) in [6, 6.07) is 4.45. The highest BCUT2D eigenvalue weighted by Gasteiger charge is 2.32. The second-order valence-electron chi connectivity index (χ2n) is 8.97. The summed E-state index contributed by atoms with van der Waals surface area (Å²) in [5, 5.41) is 0.647. The quantitative estimate of drug-likeness (QED) is 0.307. The highest BCUT2D eigenvalue weighted by Crippen LogP contribution is 2.41. The number of benzene rings is 1. The molecule has 1 unspecified atom stereocenters. The molecule has 4 nitrogen and oxygen atoms in total. The summed E-state index contributed by atoms with van der Waals surface area (Å²) in [7, 11) is 3.37. The van der Waals surface area contributed by atoms with Crippen molar-refractivity contribution in [2.75, 3.05) is 33.0 Å². The number of aromatic nitrogens is 1. The van der Waals surface area contributed by atoms with Crippen LogP contribution < -0.4 is 10.3 Å². The summed E-state index contributed by atoms with van der Waals surface area (Å²) >= 11 is 1.48. The molecular formula is C28H33F3N2O2S. The number of pyridine rings is 1. The minimum Gasteiger partial charge on any atom is -0.494 e. The van der Waals surface area contributed by atoms with Gasteiger partial charge in [0.15, 0.2) is 11.6 Å². The van der Waals surface area contributed by atoms with Crippen LogP contribution in [-0.4, -0.2) is 42.5 Å². The lowest BCUT2D eigenvalue weighted by molar-refractivity contribution is 0.279. The van der Waals surface area contributed by atoms with Gasteiger partial charge in [-0.3, -0.25) is 9.36 Å². The van der Waals surface area contributed by atoms with E-state index in [-0.39, 0.29) is 40.5 Å². The maximum Gasteiger partial charge on any atom is 0.260 e. The predicted octanol–water partition coefficient (Wildman–Crippen LogP) is 6.79. The maximum absolute atomic E-state index is 15.4. The molecule has 36 heavy (non-hydrogen) atoms. The van der Waals surface area contributed by atoms with Gasteiger partial charge >= 0.3 is 0 Å². The second kappa shape index (κ2) is 12.0. The van der Waals surface area contributed by atoms with Crippen molar-refractivity contribution in [1.29, 1.82) is 0 Å². The van der Waals surface area contributed by atoms with Crippen LogP contribution in [0.4, 0.5) is 13.2 Å². The highest BCUT2D eigenvalue weighted by molar-refractivity contribution is 7.99. The highest BCUT2D eigenvalue weighted by atomic mass is 32.2. The molecule has 1 aromatic carbocycles. The molecule has 1 atom stereocenters. The maximum atomic E-state index is 15.4. The molecule has 3 rings (SSSR count). The average molecular weight is 519 g/mol. The fourth-order valence-corrected chi connectivity index (χ4v) is 5.95. The number of fused-ring (bicyclic) bond motifs is 1. The summed E-state index contributed by atoms with van der Waals surface area (Å²) in [6.45, 7) is 12.0. The Labute approximate surface area is 215 Å². The average Bonchev–Trinajstić information content (AvgIpc) is 3.26. The zero-order valence-corrected chi connectivity index (χ0v) is 22.1. The topological polar surface area (TPSA) is 34.5 Å². The van der Waals surface area contributed by atoms with Crippen LogP contribution in [0.3, 0.4) is 0 Å². The Morgan fingerprint density at radius 1 is 1.36 bits per heavy atom. The van der Waals surface area contributed by atoms with Gasteiger partial charge < -0.3 is 9.64 Å². The number of hydrogen-bond acceptors (Lipinski definition) is 4. The molecule has 0 spiro atoms. The Bertz CT molecular complexity index is 1250. The first kappa shape index (κ1) is 27.9. The molecule has 0 fully saturated rings. The molecule has 0 saturated carbocycles. The van der Waals surface area contributed by atoms with E-state index in [2.05, 4.69) is 25.0 Å². The van der Waals surface area contributed by atoms with Gasteiger partial charge in [-0.05, 0) is 50.2 Å². The summed E-state index contributed by atoms with van der Waals surface area (Å²) in [4.78, 5) is 16.1. The third-order valence-corrected chi connectivity index (χ3v) is 7.80. The first-order chi connectivity index (χ1) is 17.2. The number of unbranched alkanes of at least 4 members (excludes halogenated alkanes) is 1. The van der Waals surface area contributed by atoms with Crippen LogP contribution in [0, 0.1) is 12.7 Å². The van der Waals surface area contributed by atoms with Gasteiger partial charge in [0.25, 0.3) is 5.56 Å². The van der Waals surface area contributed by atoms with E-state index < -0.39 is 17.5 Å². The first-order valence-corrected chi connectivity index (χ1v) is 12.9. The van der Waals surface area contributed by atoms with Crippen molar-refractivity contribution in [1.82, 2.24) is 9.47 Å². The predicted molar refractivity (Wildman–Crippen MR) is 142 cm³/mol. The fourth-order valence-electron chi connectivity index (χ4n) is 4.58.